The van der Waals surface area contributed by atoms with Gasteiger partial charge in [0, 0.05) is 40.5 Å². The predicted octanol–water partition coefficient (Wildman–Crippen LogP) is 4.28. The second-order valence-corrected chi connectivity index (χ2v) is 7.16. The lowest BCUT2D eigenvalue weighted by Crippen LogP contribution is -2.38. The minimum Gasteiger partial charge on any atom is -0.381 e. The molecule has 1 aliphatic carbocycles. The van der Waals surface area contributed by atoms with Gasteiger partial charge in [0.1, 0.15) is 0 Å². The highest BCUT2D eigenvalue weighted by atomic mass is 15.0. The molecule has 0 radical (unpaired) electrons. The molecule has 0 spiro atoms. The van der Waals surface area contributed by atoms with Crippen LogP contribution < -0.4 is 10.6 Å². The van der Waals surface area contributed by atoms with Gasteiger partial charge in [-0.05, 0) is 40.0 Å². The third-order valence-electron chi connectivity index (χ3n) is 4.75. The van der Waals surface area contributed by atoms with Crippen molar-refractivity contribution in [1.82, 2.24) is 10.6 Å². The summed E-state index contributed by atoms with van der Waals surface area (Å²) in [6, 6.07) is 0.0973. The maximum atomic E-state index is 5.63. The fourth-order valence-electron chi connectivity index (χ4n) is 2.48. The zero-order valence-electron chi connectivity index (χ0n) is 15.4. The van der Waals surface area contributed by atoms with Crippen molar-refractivity contribution in [3.63, 3.8) is 0 Å². The largest absolute Gasteiger partial charge is 0.381 e. The second-order valence-electron chi connectivity index (χ2n) is 7.16. The van der Waals surface area contributed by atoms with Crippen LogP contribution in [0.1, 0.15) is 47.0 Å². The van der Waals surface area contributed by atoms with Crippen LogP contribution in [-0.4, -0.2) is 11.8 Å². The van der Waals surface area contributed by atoms with Crippen molar-refractivity contribution in [1.29, 1.82) is 0 Å². The van der Waals surface area contributed by atoms with Gasteiger partial charge in [-0.15, -0.1) is 6.42 Å². The molecule has 2 aliphatic rings. The van der Waals surface area contributed by atoms with Crippen LogP contribution in [0.3, 0.4) is 0 Å². The molecule has 2 N–H and O–H groups in total. The molecule has 0 bridgehead atoms. The average Bonchev–Trinajstić information content (AvgIpc) is 3.32. The molecule has 0 aromatic carbocycles. The molecule has 0 saturated heterocycles. The first kappa shape index (κ1) is 18.1. The molecule has 3 heteroatoms. The Labute approximate surface area is 146 Å². The molecule has 2 rings (SSSR count). The zero-order chi connectivity index (χ0) is 17.9. The molecule has 1 saturated carbocycles. The Balaban J connectivity index is 2.20. The van der Waals surface area contributed by atoms with E-state index >= 15 is 0 Å². The second kappa shape index (κ2) is 7.13. The number of hydrogen-bond donors (Lipinski definition) is 2. The molecule has 0 amide bonds. The van der Waals surface area contributed by atoms with Gasteiger partial charge in [0.15, 0.2) is 0 Å². The van der Waals surface area contributed by atoms with E-state index in [1.165, 1.54) is 18.5 Å². The Kier molecular flexibility index (Phi) is 5.39. The third kappa shape index (κ3) is 4.00. The Morgan fingerprint density at radius 2 is 2.25 bits per heavy atom. The fraction of sp³-hybridized carbons (Fsp3) is 0.476. The van der Waals surface area contributed by atoms with Crippen molar-refractivity contribution < 1.29 is 0 Å². The van der Waals surface area contributed by atoms with Crippen LogP contribution in [0.5, 0.6) is 0 Å². The Bertz CT molecular complexity index is 664. The SMILES string of the molecule is C#CC(C)(C)C(C)NC(=C)C1=CNC(=C)/C1=N\C(=C/CC)C1CC1. The normalized spacial score (nSPS) is 21.1. The van der Waals surface area contributed by atoms with Crippen LogP contribution in [0.15, 0.2) is 53.1 Å². The highest BCUT2D eigenvalue weighted by molar-refractivity contribution is 6.16. The lowest BCUT2D eigenvalue weighted by molar-refractivity contribution is 0.368. The minimum absolute atomic E-state index is 0.0973. The summed E-state index contributed by atoms with van der Waals surface area (Å²) in [5.41, 5.74) is 4.40. The van der Waals surface area contributed by atoms with E-state index in [4.69, 9.17) is 11.4 Å². The molecule has 0 aromatic heterocycles. The molecule has 0 aromatic rings. The van der Waals surface area contributed by atoms with Crippen molar-refractivity contribution in [2.24, 2.45) is 16.3 Å². The lowest BCUT2D eigenvalue weighted by atomic mass is 9.86. The highest BCUT2D eigenvalue weighted by Crippen LogP contribution is 2.38. The number of nitrogens with one attached hydrogen (secondary N) is 2. The molecular formula is C21H29N3. The first-order valence-electron chi connectivity index (χ1n) is 8.68. The van der Waals surface area contributed by atoms with Gasteiger partial charge in [-0.1, -0.05) is 32.1 Å². The van der Waals surface area contributed by atoms with Gasteiger partial charge in [0.05, 0.1) is 11.4 Å². The van der Waals surface area contributed by atoms with E-state index in [1.807, 2.05) is 20.0 Å². The van der Waals surface area contributed by atoms with E-state index in [-0.39, 0.29) is 11.5 Å². The lowest BCUT2D eigenvalue weighted by Gasteiger charge is -2.29. The topological polar surface area (TPSA) is 36.4 Å². The molecule has 3 nitrogen and oxygen atoms in total. The Morgan fingerprint density at radius 3 is 2.79 bits per heavy atom. The van der Waals surface area contributed by atoms with E-state index in [9.17, 15) is 0 Å². The molecule has 1 atom stereocenters. The molecule has 1 fully saturated rings. The summed E-state index contributed by atoms with van der Waals surface area (Å²) in [7, 11) is 0. The van der Waals surface area contributed by atoms with Crippen molar-refractivity contribution in [3.05, 3.63) is 48.1 Å². The average molecular weight is 323 g/mol. The summed E-state index contributed by atoms with van der Waals surface area (Å²) in [5, 5.41) is 6.60. The maximum absolute atomic E-state index is 5.63. The van der Waals surface area contributed by atoms with Gasteiger partial charge in [0.25, 0.3) is 0 Å². The van der Waals surface area contributed by atoms with Crippen molar-refractivity contribution >= 4 is 5.71 Å². The first-order chi connectivity index (χ1) is 11.3. The van der Waals surface area contributed by atoms with Crippen LogP contribution >= 0.6 is 0 Å². The van der Waals surface area contributed by atoms with Gasteiger partial charge in [-0.2, -0.15) is 0 Å². The van der Waals surface area contributed by atoms with E-state index < -0.39 is 0 Å². The van der Waals surface area contributed by atoms with Crippen LogP contribution in [0.2, 0.25) is 0 Å². The summed E-state index contributed by atoms with van der Waals surface area (Å²) in [4.78, 5) is 4.91. The molecule has 128 valence electrons. The maximum Gasteiger partial charge on any atom is 0.0968 e. The number of aliphatic imine (C=N–C) groups is 1. The predicted molar refractivity (Wildman–Crippen MR) is 103 cm³/mol. The number of hydrogen-bond acceptors (Lipinski definition) is 3. The molecule has 1 heterocycles. The van der Waals surface area contributed by atoms with E-state index in [0.717, 1.165) is 29.1 Å². The number of nitrogens with zero attached hydrogens (tertiary/aromatic N) is 1. The monoisotopic (exact) mass is 323 g/mol. The van der Waals surface area contributed by atoms with Gasteiger partial charge in [0.2, 0.25) is 0 Å². The van der Waals surface area contributed by atoms with Crippen molar-refractivity contribution in [3.8, 4) is 12.3 Å². The van der Waals surface area contributed by atoms with Crippen molar-refractivity contribution in [2.45, 2.75) is 53.0 Å². The quantitative estimate of drug-likeness (QED) is 0.686. The summed E-state index contributed by atoms with van der Waals surface area (Å²) in [6.07, 6.45) is 13.2. The van der Waals surface area contributed by atoms with Gasteiger partial charge < -0.3 is 10.6 Å². The zero-order valence-corrected chi connectivity index (χ0v) is 15.4. The number of allylic oxidation sites excluding steroid dienone is 4. The number of rotatable bonds is 7. The molecule has 24 heavy (non-hydrogen) atoms. The standard InChI is InChI=1S/C21H29N3/c1-8-10-19(17-11-12-17)24-20-15(4)22-13-18(20)14(3)23-16(5)21(6,7)9-2/h2,10,13,16-17,22-23H,3-4,8,11-12H2,1,5-7H3/b19-10-,24-20+. The Hall–Kier alpha value is -2.21. The summed E-state index contributed by atoms with van der Waals surface area (Å²) in [5.74, 6) is 3.44. The first-order valence-corrected chi connectivity index (χ1v) is 8.68. The smallest absolute Gasteiger partial charge is 0.0968 e. The van der Waals surface area contributed by atoms with Gasteiger partial charge in [-0.3, -0.25) is 4.99 Å². The molecular weight excluding hydrogens is 294 g/mol. The third-order valence-corrected chi connectivity index (χ3v) is 4.75. The van der Waals surface area contributed by atoms with E-state index in [1.54, 1.807) is 0 Å². The molecule has 1 aliphatic heterocycles. The van der Waals surface area contributed by atoms with Crippen LogP contribution in [-0.2, 0) is 0 Å². The van der Waals surface area contributed by atoms with E-state index in [0.29, 0.717) is 5.92 Å². The van der Waals surface area contributed by atoms with Crippen molar-refractivity contribution in [2.75, 3.05) is 0 Å². The van der Waals surface area contributed by atoms with E-state index in [2.05, 4.69) is 49.6 Å². The van der Waals surface area contributed by atoms with Crippen LogP contribution in [0.4, 0.5) is 0 Å². The fourth-order valence-corrected chi connectivity index (χ4v) is 2.48. The summed E-state index contributed by atoms with van der Waals surface area (Å²) < 4.78 is 0. The van der Waals surface area contributed by atoms with Crippen LogP contribution in [0.25, 0.3) is 0 Å². The van der Waals surface area contributed by atoms with Crippen LogP contribution in [0, 0.1) is 23.7 Å². The Morgan fingerprint density at radius 1 is 1.58 bits per heavy atom. The summed E-state index contributed by atoms with van der Waals surface area (Å²) >= 11 is 0. The minimum atomic E-state index is -0.259. The van der Waals surface area contributed by atoms with Gasteiger partial charge in [-0.25, -0.2) is 0 Å². The summed E-state index contributed by atoms with van der Waals surface area (Å²) in [6.45, 7) is 16.6. The van der Waals surface area contributed by atoms with Gasteiger partial charge >= 0.3 is 0 Å². The molecule has 1 unspecified atom stereocenters. The number of terminal acetylenes is 1. The highest BCUT2D eigenvalue weighted by Gasteiger charge is 2.29.